The fraction of sp³-hybridized carbons (Fsp3) is 0.429. The van der Waals surface area contributed by atoms with Gasteiger partial charge < -0.3 is 4.57 Å². The maximum Gasteiger partial charge on any atom is 0.0614 e. The molecule has 0 saturated heterocycles. The number of aryl methyl sites for hydroxylation is 1. The van der Waals surface area contributed by atoms with Crippen molar-refractivity contribution in [1.82, 2.24) is 4.57 Å². The first-order chi connectivity index (χ1) is 4.25. The molecule has 1 aromatic rings. The van der Waals surface area contributed by atoms with Crippen LogP contribution < -0.4 is 0 Å². The quantitative estimate of drug-likeness (QED) is 0.568. The fourth-order valence-corrected chi connectivity index (χ4v) is 1.27. The monoisotopic (exact) mass is 143 g/mol. The molecular formula is C7H10ClN. The second kappa shape index (κ2) is 2.44. The van der Waals surface area contributed by atoms with Crippen molar-refractivity contribution < 1.29 is 0 Å². The Morgan fingerprint density at radius 3 is 2.56 bits per heavy atom. The number of nitrogens with zero attached hydrogens (tertiary/aromatic N) is 1. The van der Waals surface area contributed by atoms with Gasteiger partial charge in [0, 0.05) is 18.9 Å². The van der Waals surface area contributed by atoms with Crippen molar-refractivity contribution >= 4 is 11.6 Å². The molecule has 0 radical (unpaired) electrons. The van der Waals surface area contributed by atoms with Crippen molar-refractivity contribution in [3.63, 3.8) is 0 Å². The molecule has 2 heteroatoms. The van der Waals surface area contributed by atoms with E-state index in [9.17, 15) is 0 Å². The topological polar surface area (TPSA) is 4.93 Å². The maximum atomic E-state index is 5.82. The number of halogens is 1. The van der Waals surface area contributed by atoms with Crippen molar-refractivity contribution in [2.75, 3.05) is 0 Å². The van der Waals surface area contributed by atoms with Gasteiger partial charge in [0.2, 0.25) is 0 Å². The van der Waals surface area contributed by atoms with Crippen LogP contribution in [0.15, 0.2) is 12.3 Å². The lowest BCUT2D eigenvalue weighted by molar-refractivity contribution is 0.838. The molecule has 0 unspecified atom stereocenters. The standard InChI is InChI=1S/C7H10ClN/c1-3-7-6(8)4-5-9(7)2/h4-5H,3H2,1-2H3. The van der Waals surface area contributed by atoms with Crippen LogP contribution in [-0.2, 0) is 13.5 Å². The average molecular weight is 144 g/mol. The van der Waals surface area contributed by atoms with Crippen LogP contribution in [0.5, 0.6) is 0 Å². The SMILES string of the molecule is CCc1c(Cl)ccn1C. The maximum absolute atomic E-state index is 5.82. The van der Waals surface area contributed by atoms with E-state index >= 15 is 0 Å². The van der Waals surface area contributed by atoms with Gasteiger partial charge in [-0.25, -0.2) is 0 Å². The summed E-state index contributed by atoms with van der Waals surface area (Å²) >= 11 is 5.82. The normalized spacial score (nSPS) is 10.1. The second-order valence-electron chi connectivity index (χ2n) is 2.07. The minimum Gasteiger partial charge on any atom is -0.353 e. The number of hydrogen-bond donors (Lipinski definition) is 0. The molecule has 0 aliphatic carbocycles. The molecule has 0 N–H and O–H groups in total. The summed E-state index contributed by atoms with van der Waals surface area (Å²) in [6.07, 6.45) is 2.98. The van der Waals surface area contributed by atoms with Gasteiger partial charge in [0.25, 0.3) is 0 Å². The Labute approximate surface area is 60.2 Å². The van der Waals surface area contributed by atoms with Crippen molar-refractivity contribution in [3.8, 4) is 0 Å². The number of aromatic nitrogens is 1. The first-order valence-corrected chi connectivity index (χ1v) is 3.43. The minimum atomic E-state index is 0.875. The summed E-state index contributed by atoms with van der Waals surface area (Å²) in [5.74, 6) is 0. The lowest BCUT2D eigenvalue weighted by Gasteiger charge is -1.97. The molecule has 0 spiro atoms. The lowest BCUT2D eigenvalue weighted by Crippen LogP contribution is -1.91. The highest BCUT2D eigenvalue weighted by molar-refractivity contribution is 6.31. The van der Waals surface area contributed by atoms with Crippen LogP contribution in [0.2, 0.25) is 5.02 Å². The van der Waals surface area contributed by atoms with Crippen LogP contribution in [0.25, 0.3) is 0 Å². The third-order valence-electron chi connectivity index (χ3n) is 1.48. The smallest absolute Gasteiger partial charge is 0.0614 e. The molecule has 1 nitrogen and oxygen atoms in total. The molecular weight excluding hydrogens is 134 g/mol. The molecule has 1 heterocycles. The molecule has 9 heavy (non-hydrogen) atoms. The van der Waals surface area contributed by atoms with Gasteiger partial charge in [-0.05, 0) is 12.5 Å². The largest absolute Gasteiger partial charge is 0.353 e. The third kappa shape index (κ3) is 1.11. The van der Waals surface area contributed by atoms with Gasteiger partial charge in [-0.2, -0.15) is 0 Å². The third-order valence-corrected chi connectivity index (χ3v) is 1.82. The Morgan fingerprint density at radius 1 is 1.67 bits per heavy atom. The Balaban J connectivity index is 3.07. The molecule has 0 aliphatic heterocycles. The van der Waals surface area contributed by atoms with Gasteiger partial charge >= 0.3 is 0 Å². The van der Waals surface area contributed by atoms with E-state index < -0.39 is 0 Å². The number of rotatable bonds is 1. The van der Waals surface area contributed by atoms with Crippen LogP contribution in [0, 0.1) is 0 Å². The molecule has 0 aliphatic rings. The molecule has 0 fully saturated rings. The Bertz CT molecular complexity index is 183. The molecule has 0 amide bonds. The van der Waals surface area contributed by atoms with E-state index in [0.29, 0.717) is 0 Å². The second-order valence-corrected chi connectivity index (χ2v) is 2.48. The van der Waals surface area contributed by atoms with Crippen molar-refractivity contribution in [2.24, 2.45) is 7.05 Å². The molecule has 1 rings (SSSR count). The Kier molecular flexibility index (Phi) is 1.81. The number of hydrogen-bond acceptors (Lipinski definition) is 0. The summed E-state index contributed by atoms with van der Waals surface area (Å²) in [4.78, 5) is 0. The summed E-state index contributed by atoms with van der Waals surface area (Å²) < 4.78 is 2.04. The Morgan fingerprint density at radius 2 is 2.33 bits per heavy atom. The average Bonchev–Trinajstić information content (AvgIpc) is 2.12. The van der Waals surface area contributed by atoms with E-state index in [1.807, 2.05) is 23.9 Å². The zero-order valence-corrected chi connectivity index (χ0v) is 6.44. The van der Waals surface area contributed by atoms with Crippen LogP contribution in [-0.4, -0.2) is 4.57 Å². The van der Waals surface area contributed by atoms with Gasteiger partial charge in [0.1, 0.15) is 0 Å². The molecule has 0 aromatic carbocycles. The lowest BCUT2D eigenvalue weighted by atomic mass is 10.3. The highest BCUT2D eigenvalue weighted by Gasteiger charge is 1.99. The van der Waals surface area contributed by atoms with E-state index in [4.69, 9.17) is 11.6 Å². The van der Waals surface area contributed by atoms with E-state index in [2.05, 4.69) is 6.92 Å². The van der Waals surface area contributed by atoms with Crippen molar-refractivity contribution in [1.29, 1.82) is 0 Å². The fourth-order valence-electron chi connectivity index (χ4n) is 0.950. The van der Waals surface area contributed by atoms with Crippen LogP contribution >= 0.6 is 11.6 Å². The van der Waals surface area contributed by atoms with Gasteiger partial charge in [0.05, 0.1) is 5.02 Å². The zero-order valence-electron chi connectivity index (χ0n) is 5.69. The first-order valence-electron chi connectivity index (χ1n) is 3.05. The summed E-state index contributed by atoms with van der Waals surface area (Å²) in [6.45, 7) is 2.10. The van der Waals surface area contributed by atoms with Crippen LogP contribution in [0.1, 0.15) is 12.6 Å². The summed E-state index contributed by atoms with van der Waals surface area (Å²) in [7, 11) is 2.00. The summed E-state index contributed by atoms with van der Waals surface area (Å²) in [5, 5.41) is 0.875. The van der Waals surface area contributed by atoms with Gasteiger partial charge in [-0.3, -0.25) is 0 Å². The predicted octanol–water partition coefficient (Wildman–Crippen LogP) is 2.24. The van der Waals surface area contributed by atoms with Crippen LogP contribution in [0.3, 0.4) is 0 Å². The van der Waals surface area contributed by atoms with E-state index in [-0.39, 0.29) is 0 Å². The van der Waals surface area contributed by atoms with Crippen molar-refractivity contribution in [2.45, 2.75) is 13.3 Å². The summed E-state index contributed by atoms with van der Waals surface area (Å²) in [5.41, 5.74) is 1.21. The Hall–Kier alpha value is -0.430. The molecule has 50 valence electrons. The molecule has 0 bridgehead atoms. The van der Waals surface area contributed by atoms with E-state index in [1.165, 1.54) is 5.69 Å². The van der Waals surface area contributed by atoms with Gasteiger partial charge in [-0.15, -0.1) is 0 Å². The minimum absolute atomic E-state index is 0.875. The van der Waals surface area contributed by atoms with Gasteiger partial charge in [-0.1, -0.05) is 18.5 Å². The summed E-state index contributed by atoms with van der Waals surface area (Å²) in [6, 6.07) is 1.92. The predicted molar refractivity (Wildman–Crippen MR) is 39.8 cm³/mol. The van der Waals surface area contributed by atoms with E-state index in [0.717, 1.165) is 11.4 Å². The molecule has 1 aromatic heterocycles. The molecule has 0 saturated carbocycles. The van der Waals surface area contributed by atoms with E-state index in [1.54, 1.807) is 0 Å². The highest BCUT2D eigenvalue weighted by Crippen LogP contribution is 2.15. The zero-order chi connectivity index (χ0) is 6.85. The highest BCUT2D eigenvalue weighted by atomic mass is 35.5. The van der Waals surface area contributed by atoms with Gasteiger partial charge in [0.15, 0.2) is 0 Å². The first kappa shape index (κ1) is 6.69. The van der Waals surface area contributed by atoms with Crippen molar-refractivity contribution in [3.05, 3.63) is 23.0 Å². The van der Waals surface area contributed by atoms with Crippen LogP contribution in [0.4, 0.5) is 0 Å². The molecule has 0 atom stereocenters.